The molecule has 0 bridgehead atoms. The van der Waals surface area contributed by atoms with Gasteiger partial charge >= 0.3 is 11.9 Å². The Kier molecular flexibility index (Phi) is 6.19. The smallest absolute Gasteiger partial charge is 0.323 e. The Balaban J connectivity index is 2.51. The molecule has 0 aliphatic heterocycles. The van der Waals surface area contributed by atoms with E-state index in [1.54, 1.807) is 12.1 Å². The minimum Gasteiger partial charge on any atom is -0.493 e. The van der Waals surface area contributed by atoms with Crippen molar-refractivity contribution in [2.24, 2.45) is 0 Å². The summed E-state index contributed by atoms with van der Waals surface area (Å²) < 4.78 is 5.43. The van der Waals surface area contributed by atoms with Crippen LogP contribution in [0.4, 0.5) is 0 Å². The maximum Gasteiger partial charge on any atom is 0.323 e. The third kappa shape index (κ3) is 5.94. The number of hydrogen-bond acceptors (Lipinski definition) is 4. The van der Waals surface area contributed by atoms with Gasteiger partial charge in [-0.2, -0.15) is 0 Å². The molecule has 1 aromatic rings. The number of aryl methyl sites for hydroxylation is 1. The van der Waals surface area contributed by atoms with Crippen molar-refractivity contribution in [1.82, 2.24) is 4.90 Å². The number of carbonyl (C=O) groups is 3. The SMILES string of the molecule is Cc1ccccc1OCCC(=O)N(CC(=O)O)CC(=O)O. The van der Waals surface area contributed by atoms with Crippen LogP contribution < -0.4 is 4.74 Å². The highest BCUT2D eigenvalue weighted by atomic mass is 16.5. The second-order valence-electron chi connectivity index (χ2n) is 4.40. The summed E-state index contributed by atoms with van der Waals surface area (Å²) in [6, 6.07) is 7.27. The van der Waals surface area contributed by atoms with Gasteiger partial charge in [-0.1, -0.05) is 18.2 Å². The van der Waals surface area contributed by atoms with Gasteiger partial charge in [-0.15, -0.1) is 0 Å². The molecule has 0 heterocycles. The van der Waals surface area contributed by atoms with Gasteiger partial charge in [-0.25, -0.2) is 0 Å². The number of carboxylic acid groups (broad SMARTS) is 2. The Labute approximate surface area is 121 Å². The highest BCUT2D eigenvalue weighted by molar-refractivity contribution is 5.85. The van der Waals surface area contributed by atoms with E-state index in [9.17, 15) is 14.4 Å². The van der Waals surface area contributed by atoms with Crippen molar-refractivity contribution in [2.45, 2.75) is 13.3 Å². The van der Waals surface area contributed by atoms with Crippen molar-refractivity contribution in [3.8, 4) is 5.75 Å². The van der Waals surface area contributed by atoms with Gasteiger partial charge in [-0.05, 0) is 18.6 Å². The number of nitrogens with zero attached hydrogens (tertiary/aromatic N) is 1. The molecule has 7 heteroatoms. The number of aliphatic carboxylic acids is 2. The molecule has 0 spiro atoms. The van der Waals surface area contributed by atoms with Gasteiger partial charge in [0, 0.05) is 0 Å². The summed E-state index contributed by atoms with van der Waals surface area (Å²) in [7, 11) is 0. The second-order valence-corrected chi connectivity index (χ2v) is 4.40. The monoisotopic (exact) mass is 295 g/mol. The lowest BCUT2D eigenvalue weighted by Gasteiger charge is -2.18. The zero-order valence-electron chi connectivity index (χ0n) is 11.6. The van der Waals surface area contributed by atoms with E-state index in [0.717, 1.165) is 10.5 Å². The fourth-order valence-electron chi connectivity index (χ4n) is 1.68. The van der Waals surface area contributed by atoms with Crippen LogP contribution in [0.5, 0.6) is 5.75 Å². The summed E-state index contributed by atoms with van der Waals surface area (Å²) in [5.74, 6) is -2.46. The Hall–Kier alpha value is -2.57. The molecule has 114 valence electrons. The van der Waals surface area contributed by atoms with Crippen molar-refractivity contribution in [1.29, 1.82) is 0 Å². The van der Waals surface area contributed by atoms with Gasteiger partial charge < -0.3 is 19.8 Å². The molecule has 0 aliphatic rings. The normalized spacial score (nSPS) is 9.95. The van der Waals surface area contributed by atoms with Gasteiger partial charge in [0.25, 0.3) is 0 Å². The minimum atomic E-state index is -1.26. The summed E-state index contributed by atoms with van der Waals surface area (Å²) in [6.07, 6.45) is -0.0884. The Bertz CT molecular complexity index is 512. The largest absolute Gasteiger partial charge is 0.493 e. The highest BCUT2D eigenvalue weighted by Crippen LogP contribution is 2.16. The van der Waals surface area contributed by atoms with E-state index in [0.29, 0.717) is 5.75 Å². The van der Waals surface area contributed by atoms with E-state index in [2.05, 4.69) is 0 Å². The summed E-state index contributed by atoms with van der Waals surface area (Å²) in [5, 5.41) is 17.3. The maximum atomic E-state index is 11.8. The molecule has 0 saturated carbocycles. The van der Waals surface area contributed by atoms with E-state index in [4.69, 9.17) is 14.9 Å². The molecule has 0 radical (unpaired) electrons. The van der Waals surface area contributed by atoms with Crippen LogP contribution in [-0.4, -0.2) is 52.7 Å². The van der Waals surface area contributed by atoms with Crippen LogP contribution >= 0.6 is 0 Å². The molecule has 1 amide bonds. The number of rotatable bonds is 8. The lowest BCUT2D eigenvalue weighted by atomic mass is 10.2. The van der Waals surface area contributed by atoms with Crippen molar-refractivity contribution in [3.63, 3.8) is 0 Å². The van der Waals surface area contributed by atoms with Crippen LogP contribution in [0.2, 0.25) is 0 Å². The highest BCUT2D eigenvalue weighted by Gasteiger charge is 2.19. The van der Waals surface area contributed by atoms with E-state index >= 15 is 0 Å². The Morgan fingerprint density at radius 3 is 2.19 bits per heavy atom. The van der Waals surface area contributed by atoms with Crippen molar-refractivity contribution in [3.05, 3.63) is 29.8 Å². The third-order valence-electron chi connectivity index (χ3n) is 2.67. The molecule has 0 fully saturated rings. The Morgan fingerprint density at radius 2 is 1.67 bits per heavy atom. The van der Waals surface area contributed by atoms with Crippen molar-refractivity contribution in [2.75, 3.05) is 19.7 Å². The fraction of sp³-hybridized carbons (Fsp3) is 0.357. The third-order valence-corrected chi connectivity index (χ3v) is 2.67. The number of para-hydroxylation sites is 1. The average Bonchev–Trinajstić information content (AvgIpc) is 2.39. The van der Waals surface area contributed by atoms with Crippen LogP contribution in [0, 0.1) is 6.92 Å². The molecule has 0 atom stereocenters. The number of hydrogen-bond donors (Lipinski definition) is 2. The zero-order valence-corrected chi connectivity index (χ0v) is 11.6. The Morgan fingerprint density at radius 1 is 1.10 bits per heavy atom. The van der Waals surface area contributed by atoms with Gasteiger partial charge in [0.05, 0.1) is 13.0 Å². The number of carboxylic acids is 2. The van der Waals surface area contributed by atoms with Gasteiger partial charge in [-0.3, -0.25) is 14.4 Å². The van der Waals surface area contributed by atoms with E-state index in [1.807, 2.05) is 19.1 Å². The summed E-state index contributed by atoms with van der Waals surface area (Å²) in [6.45, 7) is 0.628. The lowest BCUT2D eigenvalue weighted by Crippen LogP contribution is -2.39. The van der Waals surface area contributed by atoms with Crippen molar-refractivity contribution < 1.29 is 29.3 Å². The van der Waals surface area contributed by atoms with Crippen LogP contribution in [0.3, 0.4) is 0 Å². The number of benzene rings is 1. The van der Waals surface area contributed by atoms with Gasteiger partial charge in [0.15, 0.2) is 0 Å². The standard InChI is InChI=1S/C14H17NO6/c1-10-4-2-3-5-11(10)21-7-6-12(16)15(8-13(17)18)9-14(19)20/h2-5H,6-9H2,1H3,(H,17,18)(H,19,20). The first-order valence-corrected chi connectivity index (χ1v) is 6.30. The maximum absolute atomic E-state index is 11.8. The van der Waals surface area contributed by atoms with Crippen LogP contribution in [0.25, 0.3) is 0 Å². The molecule has 21 heavy (non-hydrogen) atoms. The first kappa shape index (κ1) is 16.5. The predicted molar refractivity (Wildman–Crippen MR) is 73.1 cm³/mol. The molecule has 1 aromatic carbocycles. The molecule has 0 aliphatic carbocycles. The number of ether oxygens (including phenoxy) is 1. The zero-order chi connectivity index (χ0) is 15.8. The van der Waals surface area contributed by atoms with Crippen LogP contribution in [0.1, 0.15) is 12.0 Å². The van der Waals surface area contributed by atoms with Crippen LogP contribution in [0.15, 0.2) is 24.3 Å². The number of carbonyl (C=O) groups excluding carboxylic acids is 1. The molecule has 2 N–H and O–H groups in total. The predicted octanol–water partition coefficient (Wildman–Crippen LogP) is 0.762. The van der Waals surface area contributed by atoms with Crippen LogP contribution in [-0.2, 0) is 14.4 Å². The topological polar surface area (TPSA) is 104 Å². The summed E-state index contributed by atoms with van der Waals surface area (Å²) in [5.41, 5.74) is 0.915. The molecule has 0 saturated heterocycles. The lowest BCUT2D eigenvalue weighted by molar-refractivity contribution is -0.149. The molecular weight excluding hydrogens is 278 g/mol. The summed E-state index contributed by atoms with van der Waals surface area (Å²) >= 11 is 0. The average molecular weight is 295 g/mol. The van der Waals surface area contributed by atoms with E-state index < -0.39 is 30.9 Å². The van der Waals surface area contributed by atoms with E-state index in [1.165, 1.54) is 0 Å². The molecule has 7 nitrogen and oxygen atoms in total. The first-order valence-electron chi connectivity index (χ1n) is 6.30. The van der Waals surface area contributed by atoms with E-state index in [-0.39, 0.29) is 13.0 Å². The fourth-order valence-corrected chi connectivity index (χ4v) is 1.68. The first-order chi connectivity index (χ1) is 9.90. The molecule has 0 unspecified atom stereocenters. The summed E-state index contributed by atoms with van der Waals surface area (Å²) in [4.78, 5) is 33.8. The molecule has 1 rings (SSSR count). The van der Waals surface area contributed by atoms with Crippen molar-refractivity contribution >= 4 is 17.8 Å². The molecule has 0 aromatic heterocycles. The second kappa shape index (κ2) is 7.88. The quantitative estimate of drug-likeness (QED) is 0.733. The van der Waals surface area contributed by atoms with Gasteiger partial charge in [0.1, 0.15) is 18.8 Å². The minimum absolute atomic E-state index is 0.0550. The molecular formula is C14H17NO6. The number of amides is 1. The van der Waals surface area contributed by atoms with Gasteiger partial charge in [0.2, 0.25) is 5.91 Å².